The first-order valence-electron chi connectivity index (χ1n) is 8.40. The molecular formula is C19H20ClFN2O3. The van der Waals surface area contributed by atoms with Gasteiger partial charge < -0.3 is 14.2 Å². The van der Waals surface area contributed by atoms with Gasteiger partial charge in [0.15, 0.2) is 0 Å². The minimum atomic E-state index is -0.392. The predicted molar refractivity (Wildman–Crippen MR) is 97.1 cm³/mol. The number of likely N-dealkylation sites (tertiary alicyclic amines) is 1. The van der Waals surface area contributed by atoms with Crippen molar-refractivity contribution in [2.24, 2.45) is 7.05 Å². The molecule has 0 saturated carbocycles. The van der Waals surface area contributed by atoms with E-state index >= 15 is 0 Å². The molecule has 1 saturated heterocycles. The first kappa shape index (κ1) is 18.5. The molecule has 0 bridgehead atoms. The van der Waals surface area contributed by atoms with E-state index in [1.165, 1.54) is 16.7 Å². The van der Waals surface area contributed by atoms with Crippen LogP contribution in [0.15, 0.2) is 35.1 Å². The van der Waals surface area contributed by atoms with E-state index in [0.717, 1.165) is 5.69 Å². The molecule has 3 rings (SSSR count). The molecule has 1 aliphatic heterocycles. The summed E-state index contributed by atoms with van der Waals surface area (Å²) in [5.74, 6) is 0.0568. The highest BCUT2D eigenvalue weighted by molar-refractivity contribution is 6.31. The van der Waals surface area contributed by atoms with Crippen LogP contribution in [-0.2, 0) is 18.3 Å². The molecule has 2 aromatic rings. The Morgan fingerprint density at radius 1 is 1.35 bits per heavy atom. The van der Waals surface area contributed by atoms with Crippen LogP contribution in [0.5, 0.6) is 5.75 Å². The maximum absolute atomic E-state index is 13.7. The predicted octanol–water partition coefficient (Wildman–Crippen LogP) is 2.71. The molecule has 0 N–H and O–H groups in total. The molecule has 1 amide bonds. The van der Waals surface area contributed by atoms with Crippen molar-refractivity contribution in [3.8, 4) is 5.75 Å². The fourth-order valence-corrected chi connectivity index (χ4v) is 3.13. The third kappa shape index (κ3) is 3.90. The monoisotopic (exact) mass is 378 g/mol. The SMILES string of the molecule is Cc1cc(OC2CN(C(=O)CCc3c(F)cccc3Cl)C2)cc(=O)n1C. The molecule has 1 aromatic carbocycles. The molecule has 1 aromatic heterocycles. The molecule has 1 aliphatic rings. The minimum Gasteiger partial charge on any atom is -0.486 e. The second-order valence-corrected chi connectivity index (χ2v) is 6.88. The first-order chi connectivity index (χ1) is 12.3. The quantitative estimate of drug-likeness (QED) is 0.803. The van der Waals surface area contributed by atoms with Gasteiger partial charge in [-0.25, -0.2) is 4.39 Å². The third-order valence-electron chi connectivity index (χ3n) is 4.63. The zero-order valence-corrected chi connectivity index (χ0v) is 15.4. The molecule has 0 spiro atoms. The number of benzene rings is 1. The lowest BCUT2D eigenvalue weighted by Crippen LogP contribution is -2.56. The number of rotatable bonds is 5. The smallest absolute Gasteiger partial charge is 0.254 e. The summed E-state index contributed by atoms with van der Waals surface area (Å²) in [7, 11) is 1.70. The summed E-state index contributed by atoms with van der Waals surface area (Å²) in [4.78, 5) is 25.7. The molecule has 1 fully saturated rings. The maximum Gasteiger partial charge on any atom is 0.254 e. The number of aryl methyl sites for hydroxylation is 1. The number of hydrogen-bond donors (Lipinski definition) is 0. The highest BCUT2D eigenvalue weighted by Crippen LogP contribution is 2.22. The van der Waals surface area contributed by atoms with Gasteiger partial charge in [-0.05, 0) is 31.5 Å². The summed E-state index contributed by atoms with van der Waals surface area (Å²) in [6.45, 7) is 2.74. The summed E-state index contributed by atoms with van der Waals surface area (Å²) >= 11 is 5.98. The zero-order valence-electron chi connectivity index (χ0n) is 14.7. The number of halogens is 2. The van der Waals surface area contributed by atoms with Crippen molar-refractivity contribution in [1.82, 2.24) is 9.47 Å². The molecule has 0 aliphatic carbocycles. The van der Waals surface area contributed by atoms with E-state index in [2.05, 4.69) is 0 Å². The lowest BCUT2D eigenvalue weighted by atomic mass is 10.1. The normalized spacial score (nSPS) is 14.2. The fourth-order valence-electron chi connectivity index (χ4n) is 2.87. The Hall–Kier alpha value is -2.34. The Morgan fingerprint density at radius 2 is 2.08 bits per heavy atom. The van der Waals surface area contributed by atoms with Crippen LogP contribution >= 0.6 is 11.6 Å². The lowest BCUT2D eigenvalue weighted by Gasteiger charge is -2.39. The molecule has 7 heteroatoms. The van der Waals surface area contributed by atoms with Gasteiger partial charge in [0.1, 0.15) is 17.7 Å². The topological polar surface area (TPSA) is 51.5 Å². The van der Waals surface area contributed by atoms with Crippen molar-refractivity contribution in [3.05, 3.63) is 62.8 Å². The van der Waals surface area contributed by atoms with E-state index in [-0.39, 0.29) is 30.4 Å². The van der Waals surface area contributed by atoms with E-state index in [1.54, 1.807) is 30.1 Å². The number of pyridine rings is 1. The Labute approximate surface area is 155 Å². The summed E-state index contributed by atoms with van der Waals surface area (Å²) in [5, 5.41) is 0.337. The summed E-state index contributed by atoms with van der Waals surface area (Å²) in [6, 6.07) is 7.73. The van der Waals surface area contributed by atoms with Gasteiger partial charge in [0.25, 0.3) is 5.56 Å². The van der Waals surface area contributed by atoms with Crippen LogP contribution < -0.4 is 10.3 Å². The molecule has 0 atom stereocenters. The van der Waals surface area contributed by atoms with Gasteiger partial charge in [-0.3, -0.25) is 9.59 Å². The number of carbonyl (C=O) groups excluding carboxylic acids is 1. The van der Waals surface area contributed by atoms with Crippen LogP contribution in [-0.4, -0.2) is 34.6 Å². The Balaban J connectivity index is 1.50. The van der Waals surface area contributed by atoms with Gasteiger partial charge in [-0.1, -0.05) is 17.7 Å². The van der Waals surface area contributed by atoms with E-state index in [9.17, 15) is 14.0 Å². The first-order valence-corrected chi connectivity index (χ1v) is 8.78. The summed E-state index contributed by atoms with van der Waals surface area (Å²) in [6.07, 6.45) is 0.320. The van der Waals surface area contributed by atoms with E-state index in [0.29, 0.717) is 29.4 Å². The number of carbonyl (C=O) groups is 1. The van der Waals surface area contributed by atoms with Crippen LogP contribution in [0.3, 0.4) is 0 Å². The molecular weight excluding hydrogens is 359 g/mol. The second kappa shape index (κ2) is 7.50. The Kier molecular flexibility index (Phi) is 5.32. The van der Waals surface area contributed by atoms with Crippen LogP contribution in [0.25, 0.3) is 0 Å². The number of ether oxygens (including phenoxy) is 1. The molecule has 138 valence electrons. The fraction of sp³-hybridized carbons (Fsp3) is 0.368. The van der Waals surface area contributed by atoms with Gasteiger partial charge in [0, 0.05) is 35.8 Å². The largest absolute Gasteiger partial charge is 0.486 e. The molecule has 2 heterocycles. The number of hydrogen-bond acceptors (Lipinski definition) is 3. The summed E-state index contributed by atoms with van der Waals surface area (Å²) < 4.78 is 21.0. The van der Waals surface area contributed by atoms with Crippen molar-refractivity contribution in [1.29, 1.82) is 0 Å². The van der Waals surface area contributed by atoms with Crippen LogP contribution in [0.1, 0.15) is 17.7 Å². The lowest BCUT2D eigenvalue weighted by molar-refractivity contribution is -0.139. The number of aromatic nitrogens is 1. The molecule has 0 unspecified atom stereocenters. The van der Waals surface area contributed by atoms with Crippen molar-refractivity contribution < 1.29 is 13.9 Å². The van der Waals surface area contributed by atoms with Crippen LogP contribution in [0.4, 0.5) is 4.39 Å². The highest BCUT2D eigenvalue weighted by atomic mass is 35.5. The van der Waals surface area contributed by atoms with Crippen molar-refractivity contribution in [2.75, 3.05) is 13.1 Å². The van der Waals surface area contributed by atoms with Gasteiger partial charge in [0.05, 0.1) is 13.1 Å². The van der Waals surface area contributed by atoms with Crippen LogP contribution in [0.2, 0.25) is 5.02 Å². The van der Waals surface area contributed by atoms with E-state index in [1.807, 2.05) is 6.92 Å². The van der Waals surface area contributed by atoms with Gasteiger partial charge in [-0.2, -0.15) is 0 Å². The number of amides is 1. The molecule has 26 heavy (non-hydrogen) atoms. The Morgan fingerprint density at radius 3 is 2.73 bits per heavy atom. The van der Waals surface area contributed by atoms with Crippen molar-refractivity contribution in [2.45, 2.75) is 25.9 Å². The minimum absolute atomic E-state index is 0.0654. The zero-order chi connectivity index (χ0) is 18.8. The second-order valence-electron chi connectivity index (χ2n) is 6.47. The van der Waals surface area contributed by atoms with Gasteiger partial charge in [-0.15, -0.1) is 0 Å². The molecule has 5 nitrogen and oxygen atoms in total. The Bertz CT molecular complexity index is 871. The van der Waals surface area contributed by atoms with Gasteiger partial charge in [0.2, 0.25) is 5.91 Å². The number of nitrogens with zero attached hydrogens (tertiary/aromatic N) is 2. The van der Waals surface area contributed by atoms with E-state index < -0.39 is 5.82 Å². The average Bonchev–Trinajstić information content (AvgIpc) is 2.54. The highest BCUT2D eigenvalue weighted by Gasteiger charge is 2.32. The third-order valence-corrected chi connectivity index (χ3v) is 4.98. The maximum atomic E-state index is 13.7. The van der Waals surface area contributed by atoms with Gasteiger partial charge >= 0.3 is 0 Å². The standard InChI is InChI=1S/C19H20ClFN2O3/c1-12-8-13(9-19(25)22(12)2)26-14-10-23(11-14)18(24)7-6-15-16(20)4-3-5-17(15)21/h3-5,8-9,14H,6-7,10-11H2,1-2H3. The summed E-state index contributed by atoms with van der Waals surface area (Å²) in [5.41, 5.74) is 1.04. The molecule has 0 radical (unpaired) electrons. The van der Waals surface area contributed by atoms with Crippen molar-refractivity contribution in [3.63, 3.8) is 0 Å². The van der Waals surface area contributed by atoms with E-state index in [4.69, 9.17) is 16.3 Å². The van der Waals surface area contributed by atoms with Crippen molar-refractivity contribution >= 4 is 17.5 Å². The average molecular weight is 379 g/mol. The van der Waals surface area contributed by atoms with Crippen LogP contribution in [0, 0.1) is 12.7 Å².